The highest BCUT2D eigenvalue weighted by atomic mass is 15.3. The van der Waals surface area contributed by atoms with Crippen LogP contribution >= 0.6 is 0 Å². The second-order valence-corrected chi connectivity index (χ2v) is 4.52. The lowest BCUT2D eigenvalue weighted by Gasteiger charge is -2.06. The van der Waals surface area contributed by atoms with Gasteiger partial charge in [-0.15, -0.1) is 0 Å². The fourth-order valence-electron chi connectivity index (χ4n) is 2.36. The van der Waals surface area contributed by atoms with E-state index in [1.54, 1.807) is 4.68 Å². The minimum absolute atomic E-state index is 0.496. The monoisotopic (exact) mass is 241 g/mol. The van der Waals surface area contributed by atoms with E-state index in [0.29, 0.717) is 5.95 Å². The van der Waals surface area contributed by atoms with Gasteiger partial charge in [-0.1, -0.05) is 12.1 Å². The van der Waals surface area contributed by atoms with Crippen molar-refractivity contribution in [2.45, 2.75) is 13.8 Å². The molecule has 0 aliphatic carbocycles. The first-order chi connectivity index (χ1) is 8.58. The molecule has 0 atom stereocenters. The molecule has 3 aromatic rings. The van der Waals surface area contributed by atoms with Gasteiger partial charge in [0.25, 0.3) is 0 Å². The highest BCUT2D eigenvalue weighted by Gasteiger charge is 2.15. The van der Waals surface area contributed by atoms with Gasteiger partial charge in [0, 0.05) is 13.2 Å². The van der Waals surface area contributed by atoms with Crippen molar-refractivity contribution < 1.29 is 0 Å². The Bertz CT molecular complexity index is 735. The zero-order valence-corrected chi connectivity index (χ0v) is 10.7. The van der Waals surface area contributed by atoms with Crippen molar-refractivity contribution in [2.75, 3.05) is 5.73 Å². The average molecular weight is 241 g/mol. The first-order valence-corrected chi connectivity index (χ1v) is 5.82. The molecule has 92 valence electrons. The predicted molar refractivity (Wildman–Crippen MR) is 71.7 cm³/mol. The Morgan fingerprint density at radius 3 is 2.67 bits per heavy atom. The summed E-state index contributed by atoms with van der Waals surface area (Å²) in [7, 11) is 1.90. The molecule has 0 aliphatic heterocycles. The summed E-state index contributed by atoms with van der Waals surface area (Å²) in [5.74, 6) is 0.496. The molecular weight excluding hydrogens is 226 g/mol. The van der Waals surface area contributed by atoms with Crippen molar-refractivity contribution in [2.24, 2.45) is 7.05 Å². The maximum atomic E-state index is 6.05. The normalized spacial score (nSPS) is 11.3. The molecule has 2 aromatic heterocycles. The minimum atomic E-state index is 0.496. The fourth-order valence-corrected chi connectivity index (χ4v) is 2.36. The standard InChI is InChI=1S/C13H15N5/c1-8-5-4-6-10-12(8)18(13(14)15-10)11-7-17(3)16-9(11)2/h4-7H,1-3H3,(H2,14,15). The highest BCUT2D eigenvalue weighted by molar-refractivity contribution is 5.84. The third kappa shape index (κ3) is 1.40. The second kappa shape index (κ2) is 3.60. The minimum Gasteiger partial charge on any atom is -0.369 e. The van der Waals surface area contributed by atoms with Gasteiger partial charge in [-0.3, -0.25) is 9.25 Å². The van der Waals surface area contributed by atoms with Gasteiger partial charge in [0.2, 0.25) is 5.95 Å². The van der Waals surface area contributed by atoms with Crippen LogP contribution in [-0.4, -0.2) is 19.3 Å². The van der Waals surface area contributed by atoms with E-state index in [1.807, 2.05) is 36.9 Å². The Morgan fingerprint density at radius 1 is 1.22 bits per heavy atom. The predicted octanol–water partition coefficient (Wildman–Crippen LogP) is 1.96. The van der Waals surface area contributed by atoms with Crippen molar-refractivity contribution in [3.05, 3.63) is 35.7 Å². The van der Waals surface area contributed by atoms with Gasteiger partial charge in [0.15, 0.2) is 0 Å². The van der Waals surface area contributed by atoms with E-state index in [-0.39, 0.29) is 0 Å². The molecule has 5 heteroatoms. The lowest BCUT2D eigenvalue weighted by atomic mass is 10.2. The van der Waals surface area contributed by atoms with Gasteiger partial charge in [-0.25, -0.2) is 4.98 Å². The summed E-state index contributed by atoms with van der Waals surface area (Å²) >= 11 is 0. The number of imidazole rings is 1. The van der Waals surface area contributed by atoms with Crippen LogP contribution in [0.2, 0.25) is 0 Å². The van der Waals surface area contributed by atoms with Crippen LogP contribution in [0.1, 0.15) is 11.3 Å². The summed E-state index contributed by atoms with van der Waals surface area (Å²) in [5, 5.41) is 4.36. The number of nitrogen functional groups attached to an aromatic ring is 1. The highest BCUT2D eigenvalue weighted by Crippen LogP contribution is 2.26. The Labute approximate surface area is 105 Å². The molecule has 3 rings (SSSR count). The quantitative estimate of drug-likeness (QED) is 0.708. The number of rotatable bonds is 1. The van der Waals surface area contributed by atoms with Gasteiger partial charge in [0.1, 0.15) is 0 Å². The van der Waals surface area contributed by atoms with Gasteiger partial charge < -0.3 is 5.73 Å². The molecule has 0 fully saturated rings. The molecule has 2 heterocycles. The zero-order valence-electron chi connectivity index (χ0n) is 10.7. The Morgan fingerprint density at radius 2 is 2.00 bits per heavy atom. The van der Waals surface area contributed by atoms with Gasteiger partial charge in [0.05, 0.1) is 22.4 Å². The molecule has 5 nitrogen and oxygen atoms in total. The van der Waals surface area contributed by atoms with Gasteiger partial charge in [-0.2, -0.15) is 5.10 Å². The molecule has 1 aromatic carbocycles. The summed E-state index contributed by atoms with van der Waals surface area (Å²) in [6.45, 7) is 4.03. The molecule has 0 amide bonds. The largest absolute Gasteiger partial charge is 0.369 e. The molecule has 0 saturated heterocycles. The van der Waals surface area contributed by atoms with Crippen molar-refractivity contribution in [3.8, 4) is 5.69 Å². The van der Waals surface area contributed by atoms with Crippen molar-refractivity contribution in [1.29, 1.82) is 0 Å². The number of benzene rings is 1. The summed E-state index contributed by atoms with van der Waals surface area (Å²) in [5.41, 5.74) is 11.1. The third-order valence-corrected chi connectivity index (χ3v) is 3.13. The fraction of sp³-hybridized carbons (Fsp3) is 0.231. The van der Waals surface area contributed by atoms with Gasteiger partial charge >= 0.3 is 0 Å². The summed E-state index contributed by atoms with van der Waals surface area (Å²) < 4.78 is 3.75. The van der Waals surface area contributed by atoms with Crippen LogP contribution in [0.15, 0.2) is 24.4 Å². The van der Waals surface area contributed by atoms with Crippen LogP contribution in [0.3, 0.4) is 0 Å². The van der Waals surface area contributed by atoms with E-state index in [4.69, 9.17) is 5.73 Å². The number of hydrogen-bond donors (Lipinski definition) is 1. The summed E-state index contributed by atoms with van der Waals surface area (Å²) in [4.78, 5) is 4.40. The average Bonchev–Trinajstić information content (AvgIpc) is 2.79. The van der Waals surface area contributed by atoms with E-state index in [9.17, 15) is 0 Å². The summed E-state index contributed by atoms with van der Waals surface area (Å²) in [6.07, 6.45) is 1.96. The maximum Gasteiger partial charge on any atom is 0.206 e. The number of aryl methyl sites for hydroxylation is 3. The molecule has 0 aliphatic rings. The molecular formula is C13H15N5. The lowest BCUT2D eigenvalue weighted by Crippen LogP contribution is -2.01. The molecule has 0 spiro atoms. The molecule has 0 bridgehead atoms. The van der Waals surface area contributed by atoms with Crippen LogP contribution < -0.4 is 5.73 Å². The Kier molecular flexibility index (Phi) is 2.16. The molecule has 0 unspecified atom stereocenters. The number of fused-ring (bicyclic) bond motifs is 1. The smallest absolute Gasteiger partial charge is 0.206 e. The number of hydrogen-bond acceptors (Lipinski definition) is 3. The zero-order chi connectivity index (χ0) is 12.9. The SMILES string of the molecule is Cc1nn(C)cc1-n1c(N)nc2cccc(C)c21. The number of nitrogens with zero attached hydrogens (tertiary/aromatic N) is 4. The first-order valence-electron chi connectivity index (χ1n) is 5.82. The van der Waals surface area contributed by atoms with E-state index in [1.165, 1.54) is 0 Å². The van der Waals surface area contributed by atoms with E-state index in [2.05, 4.69) is 23.1 Å². The van der Waals surface area contributed by atoms with Gasteiger partial charge in [-0.05, 0) is 25.5 Å². The molecule has 2 N–H and O–H groups in total. The van der Waals surface area contributed by atoms with Crippen LogP contribution in [0, 0.1) is 13.8 Å². The topological polar surface area (TPSA) is 61.7 Å². The van der Waals surface area contributed by atoms with Crippen molar-refractivity contribution in [1.82, 2.24) is 19.3 Å². The van der Waals surface area contributed by atoms with Crippen molar-refractivity contribution >= 4 is 17.0 Å². The number of para-hydroxylation sites is 1. The number of nitrogens with two attached hydrogens (primary N) is 1. The Balaban J connectivity index is 2.42. The number of aromatic nitrogens is 4. The molecule has 0 radical (unpaired) electrons. The Hall–Kier alpha value is -2.30. The van der Waals surface area contributed by atoms with Crippen LogP contribution in [0.5, 0.6) is 0 Å². The molecule has 18 heavy (non-hydrogen) atoms. The van der Waals surface area contributed by atoms with E-state index < -0.39 is 0 Å². The number of anilines is 1. The molecule has 0 saturated carbocycles. The summed E-state index contributed by atoms with van der Waals surface area (Å²) in [6, 6.07) is 6.02. The van der Waals surface area contributed by atoms with E-state index in [0.717, 1.165) is 28.0 Å². The third-order valence-electron chi connectivity index (χ3n) is 3.13. The van der Waals surface area contributed by atoms with Crippen molar-refractivity contribution in [3.63, 3.8) is 0 Å². The van der Waals surface area contributed by atoms with Crippen LogP contribution in [0.4, 0.5) is 5.95 Å². The van der Waals surface area contributed by atoms with Crippen LogP contribution in [0.25, 0.3) is 16.7 Å². The lowest BCUT2D eigenvalue weighted by molar-refractivity contribution is 0.756. The maximum absolute atomic E-state index is 6.05. The first kappa shape index (κ1) is 10.8. The van der Waals surface area contributed by atoms with E-state index >= 15 is 0 Å². The second-order valence-electron chi connectivity index (χ2n) is 4.52. The van der Waals surface area contributed by atoms with Crippen LogP contribution in [-0.2, 0) is 7.05 Å².